The van der Waals surface area contributed by atoms with Crippen LogP contribution >= 0.6 is 11.3 Å². The fourth-order valence-corrected chi connectivity index (χ4v) is 2.75. The number of carboxylic acid groups (broad SMARTS) is 1. The Labute approximate surface area is 132 Å². The summed E-state index contributed by atoms with van der Waals surface area (Å²) in [5, 5.41) is 11.8. The second-order valence-electron chi connectivity index (χ2n) is 5.20. The molecule has 1 aromatic carbocycles. The smallest absolute Gasteiger partial charge is 0.348 e. The zero-order valence-corrected chi connectivity index (χ0v) is 13.1. The normalized spacial score (nSPS) is 10.1. The van der Waals surface area contributed by atoms with Crippen molar-refractivity contribution in [2.45, 2.75) is 20.3 Å². The van der Waals surface area contributed by atoms with Crippen molar-refractivity contribution >= 4 is 23.0 Å². The van der Waals surface area contributed by atoms with Gasteiger partial charge in [0.25, 0.3) is 0 Å². The monoisotopic (exact) mass is 313 g/mol. The Morgan fingerprint density at radius 2 is 2.00 bits per heavy atom. The van der Waals surface area contributed by atoms with Crippen molar-refractivity contribution in [3.63, 3.8) is 0 Å². The zero-order valence-electron chi connectivity index (χ0n) is 12.3. The van der Waals surface area contributed by atoms with E-state index >= 15 is 0 Å². The third-order valence-corrected chi connectivity index (χ3v) is 4.08. The standard InChI is InChI=1S/C17H15NO3S/c1-11(2)4-3-5-12-6-8-13(9-7-12)15-10-14(18-21)16(22-15)17(19)20/h6-11H,4H2,1-2H3,(H,19,20). The minimum atomic E-state index is -1.14. The molecule has 112 valence electrons. The number of nitroso groups, excluding NO2 is 1. The fraction of sp³-hybridized carbons (Fsp3) is 0.235. The van der Waals surface area contributed by atoms with E-state index in [0.717, 1.165) is 28.9 Å². The second-order valence-corrected chi connectivity index (χ2v) is 6.25. The molecule has 2 aromatic rings. The molecule has 0 amide bonds. The third-order valence-electron chi connectivity index (χ3n) is 2.92. The van der Waals surface area contributed by atoms with Gasteiger partial charge in [0.15, 0.2) is 0 Å². The van der Waals surface area contributed by atoms with Crippen molar-refractivity contribution in [2.24, 2.45) is 11.1 Å². The molecule has 1 heterocycles. The maximum absolute atomic E-state index is 11.0. The van der Waals surface area contributed by atoms with E-state index in [2.05, 4.69) is 30.9 Å². The largest absolute Gasteiger partial charge is 0.477 e. The molecule has 0 saturated carbocycles. The summed E-state index contributed by atoms with van der Waals surface area (Å²) in [7, 11) is 0. The Balaban J connectivity index is 2.25. The van der Waals surface area contributed by atoms with Gasteiger partial charge in [-0.15, -0.1) is 16.2 Å². The predicted octanol–water partition coefficient (Wildman–Crippen LogP) is 4.91. The van der Waals surface area contributed by atoms with Crippen molar-refractivity contribution in [3.05, 3.63) is 45.7 Å². The van der Waals surface area contributed by atoms with Gasteiger partial charge in [-0.2, -0.15) is 0 Å². The fourth-order valence-electron chi connectivity index (χ4n) is 1.82. The highest BCUT2D eigenvalue weighted by Gasteiger charge is 2.16. The van der Waals surface area contributed by atoms with Gasteiger partial charge in [-0.05, 0) is 34.9 Å². The van der Waals surface area contributed by atoms with E-state index in [1.807, 2.05) is 24.3 Å². The summed E-state index contributed by atoms with van der Waals surface area (Å²) in [6.07, 6.45) is 0.850. The maximum atomic E-state index is 11.0. The van der Waals surface area contributed by atoms with Gasteiger partial charge < -0.3 is 5.11 Å². The topological polar surface area (TPSA) is 66.7 Å². The SMILES string of the molecule is CC(C)CC#Cc1ccc(-c2cc(N=O)c(C(=O)O)s2)cc1. The maximum Gasteiger partial charge on any atom is 0.348 e. The van der Waals surface area contributed by atoms with E-state index in [0.29, 0.717) is 10.8 Å². The number of carboxylic acids is 1. The lowest BCUT2D eigenvalue weighted by Gasteiger charge is -1.97. The van der Waals surface area contributed by atoms with Gasteiger partial charge >= 0.3 is 5.97 Å². The number of carbonyl (C=O) groups is 1. The second kappa shape index (κ2) is 7.01. The molecule has 4 nitrogen and oxygen atoms in total. The molecule has 1 aromatic heterocycles. The van der Waals surface area contributed by atoms with Crippen LogP contribution in [-0.4, -0.2) is 11.1 Å². The molecule has 2 rings (SSSR count). The van der Waals surface area contributed by atoms with Gasteiger partial charge in [0, 0.05) is 16.9 Å². The van der Waals surface area contributed by atoms with E-state index in [-0.39, 0.29) is 10.6 Å². The Morgan fingerprint density at radius 3 is 2.50 bits per heavy atom. The predicted molar refractivity (Wildman–Crippen MR) is 88.5 cm³/mol. The van der Waals surface area contributed by atoms with Crippen LogP contribution in [0.1, 0.15) is 35.5 Å². The number of rotatable bonds is 4. The van der Waals surface area contributed by atoms with Crippen molar-refractivity contribution in [2.75, 3.05) is 0 Å². The molecule has 5 heteroatoms. The molecular formula is C17H15NO3S. The first-order valence-electron chi connectivity index (χ1n) is 6.81. The zero-order chi connectivity index (χ0) is 16.1. The summed E-state index contributed by atoms with van der Waals surface area (Å²) in [4.78, 5) is 22.4. The Bertz CT molecular complexity index is 748. The van der Waals surface area contributed by atoms with E-state index in [4.69, 9.17) is 5.11 Å². The number of benzene rings is 1. The van der Waals surface area contributed by atoms with Gasteiger partial charge in [-0.25, -0.2) is 4.79 Å². The van der Waals surface area contributed by atoms with Gasteiger partial charge in [0.1, 0.15) is 10.6 Å². The first-order chi connectivity index (χ1) is 10.5. The minimum absolute atomic E-state index is 0.0340. The van der Waals surface area contributed by atoms with Crippen molar-refractivity contribution in [1.29, 1.82) is 0 Å². The number of hydrogen-bond acceptors (Lipinski definition) is 4. The molecule has 0 spiro atoms. The lowest BCUT2D eigenvalue weighted by atomic mass is 10.1. The summed E-state index contributed by atoms with van der Waals surface area (Å²) in [5.74, 6) is 5.61. The third kappa shape index (κ3) is 3.80. The molecule has 0 aliphatic carbocycles. The van der Waals surface area contributed by atoms with Crippen LogP contribution < -0.4 is 0 Å². The van der Waals surface area contributed by atoms with Crippen LogP contribution in [0.25, 0.3) is 10.4 Å². The summed E-state index contributed by atoms with van der Waals surface area (Å²) < 4.78 is 0. The van der Waals surface area contributed by atoms with E-state index in [1.54, 1.807) is 0 Å². The highest BCUT2D eigenvalue weighted by molar-refractivity contribution is 7.17. The van der Waals surface area contributed by atoms with Gasteiger partial charge in [0.2, 0.25) is 0 Å². The summed E-state index contributed by atoms with van der Waals surface area (Å²) in [6.45, 7) is 4.24. The van der Waals surface area contributed by atoms with Crippen molar-refractivity contribution < 1.29 is 9.90 Å². The molecule has 0 radical (unpaired) electrons. The first kappa shape index (κ1) is 15.9. The molecule has 0 bridgehead atoms. The van der Waals surface area contributed by atoms with Crippen LogP contribution in [-0.2, 0) is 0 Å². The number of hydrogen-bond donors (Lipinski definition) is 1. The van der Waals surface area contributed by atoms with Crippen LogP contribution in [0, 0.1) is 22.7 Å². The lowest BCUT2D eigenvalue weighted by molar-refractivity contribution is 0.0703. The first-order valence-corrected chi connectivity index (χ1v) is 7.62. The molecule has 0 atom stereocenters. The van der Waals surface area contributed by atoms with Crippen LogP contribution in [0.3, 0.4) is 0 Å². The van der Waals surface area contributed by atoms with E-state index < -0.39 is 5.97 Å². The van der Waals surface area contributed by atoms with Crippen molar-refractivity contribution in [3.8, 4) is 22.3 Å². The Kier molecular flexibility index (Phi) is 5.08. The number of nitrogens with zero attached hydrogens (tertiary/aromatic N) is 1. The summed E-state index contributed by atoms with van der Waals surface area (Å²) in [5.41, 5.74) is 1.72. The van der Waals surface area contributed by atoms with Gasteiger partial charge in [-0.1, -0.05) is 37.8 Å². The highest BCUT2D eigenvalue weighted by atomic mass is 32.1. The quantitative estimate of drug-likeness (QED) is 0.644. The Hall–Kier alpha value is -2.45. The molecular weight excluding hydrogens is 298 g/mol. The average Bonchev–Trinajstić information content (AvgIpc) is 2.92. The Morgan fingerprint density at radius 1 is 1.32 bits per heavy atom. The summed E-state index contributed by atoms with van der Waals surface area (Å²) >= 11 is 1.04. The van der Waals surface area contributed by atoms with Gasteiger partial charge in [-0.3, -0.25) is 0 Å². The molecule has 1 N–H and O–H groups in total. The minimum Gasteiger partial charge on any atom is -0.477 e. The highest BCUT2D eigenvalue weighted by Crippen LogP contribution is 2.36. The van der Waals surface area contributed by atoms with Crippen LogP contribution in [0.2, 0.25) is 0 Å². The molecule has 22 heavy (non-hydrogen) atoms. The van der Waals surface area contributed by atoms with Crippen molar-refractivity contribution in [1.82, 2.24) is 0 Å². The summed E-state index contributed by atoms with van der Waals surface area (Å²) in [6, 6.07) is 9.01. The molecule has 0 aliphatic rings. The molecule has 0 saturated heterocycles. The van der Waals surface area contributed by atoms with Crippen LogP contribution in [0.5, 0.6) is 0 Å². The molecule has 0 aliphatic heterocycles. The average molecular weight is 313 g/mol. The van der Waals surface area contributed by atoms with E-state index in [1.165, 1.54) is 6.07 Å². The molecule has 0 fully saturated rings. The van der Waals surface area contributed by atoms with Gasteiger partial charge in [0.05, 0.1) is 0 Å². The van der Waals surface area contributed by atoms with E-state index in [9.17, 15) is 9.70 Å². The number of thiophene rings is 1. The van der Waals surface area contributed by atoms with Crippen LogP contribution in [0.15, 0.2) is 35.5 Å². The number of aromatic carboxylic acids is 1. The molecule has 0 unspecified atom stereocenters. The van der Waals surface area contributed by atoms with Crippen LogP contribution in [0.4, 0.5) is 5.69 Å². The lowest BCUT2D eigenvalue weighted by Crippen LogP contribution is -1.90.